The van der Waals surface area contributed by atoms with Crippen molar-refractivity contribution in [1.82, 2.24) is 14.5 Å². The van der Waals surface area contributed by atoms with Crippen LogP contribution in [-0.2, 0) is 21.2 Å². The Hall–Kier alpha value is -1.89. The molecule has 2 aliphatic heterocycles. The molecule has 4 rings (SSSR count). The predicted molar refractivity (Wildman–Crippen MR) is 91.3 cm³/mol. The van der Waals surface area contributed by atoms with Gasteiger partial charge in [0.25, 0.3) is 0 Å². The standard InChI is InChI=1S/C17H21N3O3S/c1-24(22,23)14-8-12-6-7-13(9-14)20(12)17(21)10-19-11-18-15-4-2-3-5-16(15)19/h2-5,11-14H,6-10H2,1H3/t12-,13+,14?. The van der Waals surface area contributed by atoms with Crippen LogP contribution >= 0.6 is 0 Å². The Morgan fingerprint density at radius 2 is 1.88 bits per heavy atom. The number of para-hydroxylation sites is 2. The van der Waals surface area contributed by atoms with Crippen molar-refractivity contribution >= 4 is 26.8 Å². The quantitative estimate of drug-likeness (QED) is 0.845. The number of imidazole rings is 1. The summed E-state index contributed by atoms with van der Waals surface area (Å²) in [5.74, 6) is 0.0672. The van der Waals surface area contributed by atoms with E-state index in [-0.39, 0.29) is 29.8 Å². The van der Waals surface area contributed by atoms with Crippen molar-refractivity contribution in [3.8, 4) is 0 Å². The Kier molecular flexibility index (Phi) is 3.63. The van der Waals surface area contributed by atoms with Crippen LogP contribution in [-0.4, -0.2) is 52.4 Å². The van der Waals surface area contributed by atoms with Crippen molar-refractivity contribution < 1.29 is 13.2 Å². The molecule has 1 aromatic carbocycles. The molecule has 0 N–H and O–H groups in total. The minimum Gasteiger partial charge on any atom is -0.335 e. The van der Waals surface area contributed by atoms with E-state index in [0.717, 1.165) is 23.9 Å². The maximum Gasteiger partial charge on any atom is 0.243 e. The van der Waals surface area contributed by atoms with Crippen molar-refractivity contribution in [1.29, 1.82) is 0 Å². The largest absolute Gasteiger partial charge is 0.335 e. The van der Waals surface area contributed by atoms with Crippen LogP contribution in [0.1, 0.15) is 25.7 Å². The Labute approximate surface area is 141 Å². The number of carbonyl (C=O) groups is 1. The zero-order valence-corrected chi connectivity index (χ0v) is 14.4. The second-order valence-electron chi connectivity index (χ2n) is 6.97. The molecule has 0 saturated carbocycles. The highest BCUT2D eigenvalue weighted by Gasteiger charge is 2.45. The second-order valence-corrected chi connectivity index (χ2v) is 9.30. The number of nitrogens with zero attached hydrogens (tertiary/aromatic N) is 3. The van der Waals surface area contributed by atoms with E-state index < -0.39 is 9.84 Å². The number of aromatic nitrogens is 2. The Morgan fingerprint density at radius 3 is 2.54 bits per heavy atom. The van der Waals surface area contributed by atoms with E-state index in [4.69, 9.17) is 0 Å². The molecule has 1 amide bonds. The normalized spacial score (nSPS) is 26.9. The van der Waals surface area contributed by atoms with E-state index in [9.17, 15) is 13.2 Å². The predicted octanol–water partition coefficient (Wildman–Crippen LogP) is 1.60. The molecule has 3 heterocycles. The summed E-state index contributed by atoms with van der Waals surface area (Å²) in [5, 5.41) is -0.298. The van der Waals surface area contributed by atoms with Crippen molar-refractivity contribution in [2.24, 2.45) is 0 Å². The van der Waals surface area contributed by atoms with E-state index in [0.29, 0.717) is 12.8 Å². The fourth-order valence-electron chi connectivity index (χ4n) is 4.25. The van der Waals surface area contributed by atoms with Crippen molar-refractivity contribution in [2.45, 2.75) is 49.6 Å². The third kappa shape index (κ3) is 2.60. The van der Waals surface area contributed by atoms with Crippen LogP contribution in [0.2, 0.25) is 0 Å². The highest BCUT2D eigenvalue weighted by atomic mass is 32.2. The Balaban J connectivity index is 1.54. The molecule has 24 heavy (non-hydrogen) atoms. The van der Waals surface area contributed by atoms with Crippen molar-refractivity contribution in [3.63, 3.8) is 0 Å². The zero-order valence-electron chi connectivity index (χ0n) is 13.6. The zero-order chi connectivity index (χ0) is 16.9. The summed E-state index contributed by atoms with van der Waals surface area (Å²) in [6.45, 7) is 0.261. The molecule has 2 saturated heterocycles. The molecule has 0 spiro atoms. The third-order valence-corrected chi connectivity index (χ3v) is 7.01. The van der Waals surface area contributed by atoms with Crippen LogP contribution in [0.25, 0.3) is 11.0 Å². The van der Waals surface area contributed by atoms with Gasteiger partial charge in [-0.3, -0.25) is 4.79 Å². The number of carbonyl (C=O) groups excluding carboxylic acids is 1. The summed E-state index contributed by atoms with van der Waals surface area (Å²) in [6.07, 6.45) is 5.98. The van der Waals surface area contributed by atoms with Gasteiger partial charge in [0.05, 0.1) is 22.6 Å². The number of amides is 1. The molecule has 2 bridgehead atoms. The SMILES string of the molecule is CS(=O)(=O)C1C[C@H]2CC[C@@H](C1)N2C(=O)Cn1cnc2ccccc21. The molecule has 2 aliphatic rings. The number of fused-ring (bicyclic) bond motifs is 3. The first-order valence-corrected chi connectivity index (χ1v) is 10.3. The first-order chi connectivity index (χ1) is 11.4. The first-order valence-electron chi connectivity index (χ1n) is 8.33. The van der Waals surface area contributed by atoms with Crippen LogP contribution in [0.5, 0.6) is 0 Å². The van der Waals surface area contributed by atoms with Crippen molar-refractivity contribution in [3.05, 3.63) is 30.6 Å². The second kappa shape index (κ2) is 5.58. The minimum atomic E-state index is -3.03. The van der Waals surface area contributed by atoms with Gasteiger partial charge >= 0.3 is 0 Å². The topological polar surface area (TPSA) is 72.3 Å². The van der Waals surface area contributed by atoms with Gasteiger partial charge in [-0.05, 0) is 37.8 Å². The number of benzene rings is 1. The van der Waals surface area contributed by atoms with E-state index in [1.807, 2.05) is 33.7 Å². The molecule has 2 aromatic rings. The van der Waals surface area contributed by atoms with Gasteiger partial charge in [0.2, 0.25) is 5.91 Å². The summed E-state index contributed by atoms with van der Waals surface area (Å²) in [7, 11) is -3.03. The maximum absolute atomic E-state index is 12.9. The smallest absolute Gasteiger partial charge is 0.243 e. The Bertz CT molecular complexity index is 875. The van der Waals surface area contributed by atoms with Gasteiger partial charge in [-0.25, -0.2) is 13.4 Å². The minimum absolute atomic E-state index is 0.0609. The summed E-state index contributed by atoms with van der Waals surface area (Å²) in [5.41, 5.74) is 1.83. The highest BCUT2D eigenvalue weighted by Crippen LogP contribution is 2.38. The number of hydrogen-bond acceptors (Lipinski definition) is 4. The molecule has 1 unspecified atom stereocenters. The first kappa shape index (κ1) is 15.6. The number of sulfone groups is 1. The van der Waals surface area contributed by atoms with Crippen LogP contribution in [0.3, 0.4) is 0 Å². The number of rotatable bonds is 3. The molecule has 3 atom stereocenters. The number of piperidine rings is 1. The molecule has 6 nitrogen and oxygen atoms in total. The maximum atomic E-state index is 12.9. The fraction of sp³-hybridized carbons (Fsp3) is 0.529. The van der Waals surface area contributed by atoms with Crippen LogP contribution in [0, 0.1) is 0 Å². The average Bonchev–Trinajstić information content (AvgIpc) is 3.05. The lowest BCUT2D eigenvalue weighted by Gasteiger charge is -2.38. The van der Waals surface area contributed by atoms with Gasteiger partial charge in [0, 0.05) is 18.3 Å². The van der Waals surface area contributed by atoms with Crippen LogP contribution < -0.4 is 0 Å². The van der Waals surface area contributed by atoms with E-state index >= 15 is 0 Å². The van der Waals surface area contributed by atoms with Gasteiger partial charge in [0.15, 0.2) is 0 Å². The third-order valence-electron chi connectivity index (χ3n) is 5.42. The summed E-state index contributed by atoms with van der Waals surface area (Å²) >= 11 is 0. The lowest BCUT2D eigenvalue weighted by Crippen LogP contribution is -2.50. The van der Waals surface area contributed by atoms with Gasteiger partial charge < -0.3 is 9.47 Å². The monoisotopic (exact) mass is 347 g/mol. The van der Waals surface area contributed by atoms with Crippen molar-refractivity contribution in [2.75, 3.05) is 6.26 Å². The molecular weight excluding hydrogens is 326 g/mol. The molecule has 0 radical (unpaired) electrons. The molecule has 128 valence electrons. The lowest BCUT2D eigenvalue weighted by atomic mass is 10.0. The van der Waals surface area contributed by atoms with Gasteiger partial charge in [0.1, 0.15) is 16.4 Å². The Morgan fingerprint density at radius 1 is 1.21 bits per heavy atom. The van der Waals surface area contributed by atoms with E-state index in [1.165, 1.54) is 6.26 Å². The van der Waals surface area contributed by atoms with Gasteiger partial charge in [-0.2, -0.15) is 0 Å². The molecule has 0 aliphatic carbocycles. The van der Waals surface area contributed by atoms with Crippen LogP contribution in [0.15, 0.2) is 30.6 Å². The molecule has 7 heteroatoms. The van der Waals surface area contributed by atoms with Crippen LogP contribution in [0.4, 0.5) is 0 Å². The highest BCUT2D eigenvalue weighted by molar-refractivity contribution is 7.91. The summed E-state index contributed by atoms with van der Waals surface area (Å²) in [4.78, 5) is 19.1. The van der Waals surface area contributed by atoms with E-state index in [1.54, 1.807) is 6.33 Å². The number of hydrogen-bond donors (Lipinski definition) is 0. The van der Waals surface area contributed by atoms with Gasteiger partial charge in [-0.1, -0.05) is 12.1 Å². The summed E-state index contributed by atoms with van der Waals surface area (Å²) in [6, 6.07) is 7.87. The lowest BCUT2D eigenvalue weighted by molar-refractivity contribution is -0.136. The molecular formula is C17H21N3O3S. The molecule has 2 fully saturated rings. The summed E-state index contributed by atoms with van der Waals surface area (Å²) < 4.78 is 25.6. The average molecular weight is 347 g/mol. The van der Waals surface area contributed by atoms with Gasteiger partial charge in [-0.15, -0.1) is 0 Å². The molecule has 1 aromatic heterocycles. The fourth-order valence-corrected chi connectivity index (χ4v) is 5.39. The van der Waals surface area contributed by atoms with E-state index in [2.05, 4.69) is 4.98 Å².